The van der Waals surface area contributed by atoms with Gasteiger partial charge in [0.2, 0.25) is 0 Å². The number of rotatable bonds is 6. The van der Waals surface area contributed by atoms with Crippen molar-refractivity contribution in [2.24, 2.45) is 0 Å². The van der Waals surface area contributed by atoms with Gasteiger partial charge in [0.25, 0.3) is 5.91 Å². The van der Waals surface area contributed by atoms with Crippen LogP contribution in [0.4, 0.5) is 5.69 Å². The van der Waals surface area contributed by atoms with E-state index in [2.05, 4.69) is 10.3 Å². The predicted octanol–water partition coefficient (Wildman–Crippen LogP) is 3.98. The molecule has 0 atom stereocenters. The van der Waals surface area contributed by atoms with Crippen LogP contribution in [0.25, 0.3) is 11.1 Å². The fourth-order valence-corrected chi connectivity index (χ4v) is 2.29. The first-order valence-corrected chi connectivity index (χ1v) is 8.02. The maximum Gasteiger partial charge on any atom is 0.262 e. The van der Waals surface area contributed by atoms with Gasteiger partial charge in [-0.3, -0.25) is 4.79 Å². The van der Waals surface area contributed by atoms with E-state index in [0.29, 0.717) is 22.9 Å². The number of methoxy groups -OCH3 is 1. The number of fused-ring (bicyclic) bond motifs is 1. The number of anilines is 1. The molecule has 0 fully saturated rings. The van der Waals surface area contributed by atoms with Crippen molar-refractivity contribution in [1.29, 1.82) is 0 Å². The van der Waals surface area contributed by atoms with Crippen molar-refractivity contribution < 1.29 is 18.7 Å². The topological polar surface area (TPSA) is 73.6 Å². The lowest BCUT2D eigenvalue weighted by molar-refractivity contribution is -0.118. The Morgan fingerprint density at radius 3 is 2.56 bits per heavy atom. The Kier molecular flexibility index (Phi) is 4.88. The molecule has 0 aliphatic carbocycles. The van der Waals surface area contributed by atoms with E-state index in [9.17, 15) is 4.79 Å². The van der Waals surface area contributed by atoms with Crippen LogP contribution in [0.1, 0.15) is 25.7 Å². The maximum atomic E-state index is 12.1. The average Bonchev–Trinajstić information content (AvgIpc) is 3.04. The molecular weight excluding hydrogens is 320 g/mol. The first-order chi connectivity index (χ1) is 12.0. The van der Waals surface area contributed by atoms with Crippen molar-refractivity contribution in [1.82, 2.24) is 4.98 Å². The number of carbonyl (C=O) groups is 1. The molecule has 0 spiro atoms. The number of hydrogen-bond donors (Lipinski definition) is 1. The number of nitrogens with zero attached hydrogens (tertiary/aromatic N) is 1. The molecule has 25 heavy (non-hydrogen) atoms. The monoisotopic (exact) mass is 340 g/mol. The highest BCUT2D eigenvalue weighted by molar-refractivity contribution is 5.93. The third kappa shape index (κ3) is 4.09. The van der Waals surface area contributed by atoms with Crippen LogP contribution in [-0.2, 0) is 4.79 Å². The van der Waals surface area contributed by atoms with Crippen LogP contribution in [0, 0.1) is 0 Å². The quantitative estimate of drug-likeness (QED) is 0.735. The Bertz CT molecular complexity index is 869. The molecule has 130 valence electrons. The number of hydrogen-bond acceptors (Lipinski definition) is 5. The smallest absolute Gasteiger partial charge is 0.262 e. The summed E-state index contributed by atoms with van der Waals surface area (Å²) in [6.07, 6.45) is 0. The zero-order valence-electron chi connectivity index (χ0n) is 14.4. The van der Waals surface area contributed by atoms with E-state index in [0.717, 1.165) is 11.3 Å². The van der Waals surface area contributed by atoms with Gasteiger partial charge >= 0.3 is 0 Å². The Balaban J connectivity index is 1.60. The molecule has 0 radical (unpaired) electrons. The van der Waals surface area contributed by atoms with E-state index >= 15 is 0 Å². The van der Waals surface area contributed by atoms with Crippen LogP contribution in [0.2, 0.25) is 0 Å². The first-order valence-electron chi connectivity index (χ1n) is 8.02. The average molecular weight is 340 g/mol. The Morgan fingerprint density at radius 1 is 1.16 bits per heavy atom. The molecule has 0 unspecified atom stereocenters. The van der Waals surface area contributed by atoms with E-state index in [1.807, 2.05) is 13.8 Å². The number of amides is 1. The summed E-state index contributed by atoms with van der Waals surface area (Å²) in [5.74, 6) is 1.98. The molecule has 1 amide bonds. The van der Waals surface area contributed by atoms with Gasteiger partial charge in [-0.1, -0.05) is 13.8 Å². The molecule has 1 N–H and O–H groups in total. The number of aromatic nitrogens is 1. The third-order valence-electron chi connectivity index (χ3n) is 3.61. The molecule has 1 heterocycles. The third-order valence-corrected chi connectivity index (χ3v) is 3.61. The maximum absolute atomic E-state index is 12.1. The van der Waals surface area contributed by atoms with Crippen molar-refractivity contribution in [3.63, 3.8) is 0 Å². The molecule has 3 aromatic rings. The minimum atomic E-state index is -0.247. The Morgan fingerprint density at radius 2 is 1.88 bits per heavy atom. The number of carbonyl (C=O) groups excluding carboxylic acids is 1. The van der Waals surface area contributed by atoms with E-state index < -0.39 is 0 Å². The van der Waals surface area contributed by atoms with Crippen molar-refractivity contribution in [3.8, 4) is 11.5 Å². The van der Waals surface area contributed by atoms with Crippen LogP contribution in [0.5, 0.6) is 11.5 Å². The SMILES string of the molecule is COc1ccc(OCC(=O)Nc2ccc3oc(C(C)C)nc3c2)cc1. The first kappa shape index (κ1) is 16.8. The summed E-state index contributed by atoms with van der Waals surface area (Å²) < 4.78 is 16.2. The van der Waals surface area contributed by atoms with Gasteiger partial charge in [0.15, 0.2) is 18.1 Å². The summed E-state index contributed by atoms with van der Waals surface area (Å²) in [6.45, 7) is 3.95. The zero-order valence-corrected chi connectivity index (χ0v) is 14.4. The molecule has 0 saturated heterocycles. The lowest BCUT2D eigenvalue weighted by atomic mass is 10.2. The molecule has 6 heteroatoms. The highest BCUT2D eigenvalue weighted by atomic mass is 16.5. The fraction of sp³-hybridized carbons (Fsp3) is 0.263. The number of ether oxygens (including phenoxy) is 2. The largest absolute Gasteiger partial charge is 0.497 e. The van der Waals surface area contributed by atoms with Gasteiger partial charge in [-0.2, -0.15) is 0 Å². The molecule has 0 aliphatic heterocycles. The Labute approximate surface area is 145 Å². The van der Waals surface area contributed by atoms with E-state index in [1.54, 1.807) is 49.6 Å². The lowest BCUT2D eigenvalue weighted by Crippen LogP contribution is -2.20. The standard InChI is InChI=1S/C19H20N2O4/c1-12(2)19-21-16-10-13(4-9-17(16)25-19)20-18(22)11-24-15-7-5-14(23-3)6-8-15/h4-10,12H,11H2,1-3H3,(H,20,22). The fourth-order valence-electron chi connectivity index (χ4n) is 2.29. The number of benzene rings is 2. The minimum Gasteiger partial charge on any atom is -0.497 e. The number of nitrogens with one attached hydrogen (secondary N) is 1. The van der Waals surface area contributed by atoms with E-state index in [4.69, 9.17) is 13.9 Å². The summed E-state index contributed by atoms with van der Waals surface area (Å²) in [4.78, 5) is 16.5. The van der Waals surface area contributed by atoms with Gasteiger partial charge in [-0.25, -0.2) is 4.98 Å². The molecule has 0 bridgehead atoms. The van der Waals surface area contributed by atoms with Crippen molar-refractivity contribution in [2.45, 2.75) is 19.8 Å². The summed E-state index contributed by atoms with van der Waals surface area (Å²) in [6, 6.07) is 12.4. The highest BCUT2D eigenvalue weighted by Gasteiger charge is 2.11. The lowest BCUT2D eigenvalue weighted by Gasteiger charge is -2.08. The van der Waals surface area contributed by atoms with Crippen LogP contribution in [-0.4, -0.2) is 24.6 Å². The van der Waals surface area contributed by atoms with Gasteiger partial charge in [0, 0.05) is 11.6 Å². The van der Waals surface area contributed by atoms with E-state index in [-0.39, 0.29) is 18.4 Å². The van der Waals surface area contributed by atoms with Crippen LogP contribution >= 0.6 is 0 Å². The number of oxazole rings is 1. The second-order valence-electron chi connectivity index (χ2n) is 5.90. The summed E-state index contributed by atoms with van der Waals surface area (Å²) in [7, 11) is 1.60. The van der Waals surface area contributed by atoms with Crippen molar-refractivity contribution >= 4 is 22.7 Å². The second kappa shape index (κ2) is 7.25. The Hall–Kier alpha value is -3.02. The van der Waals surface area contributed by atoms with Gasteiger partial charge < -0.3 is 19.2 Å². The zero-order chi connectivity index (χ0) is 17.8. The van der Waals surface area contributed by atoms with Gasteiger partial charge in [0.05, 0.1) is 7.11 Å². The van der Waals surface area contributed by atoms with Crippen LogP contribution in [0.15, 0.2) is 46.9 Å². The molecule has 2 aromatic carbocycles. The second-order valence-corrected chi connectivity index (χ2v) is 5.90. The normalized spacial score (nSPS) is 10.9. The van der Waals surface area contributed by atoms with Crippen molar-refractivity contribution in [2.75, 3.05) is 19.0 Å². The molecule has 0 aliphatic rings. The van der Waals surface area contributed by atoms with Crippen LogP contribution < -0.4 is 14.8 Å². The molecule has 0 saturated carbocycles. The minimum absolute atomic E-state index is 0.0829. The molecule has 1 aromatic heterocycles. The summed E-state index contributed by atoms with van der Waals surface area (Å²) in [5.41, 5.74) is 2.08. The predicted molar refractivity (Wildman–Crippen MR) is 95.2 cm³/mol. The van der Waals surface area contributed by atoms with E-state index in [1.165, 1.54) is 0 Å². The van der Waals surface area contributed by atoms with Crippen molar-refractivity contribution in [3.05, 3.63) is 48.4 Å². The van der Waals surface area contributed by atoms with Gasteiger partial charge in [0.1, 0.15) is 17.0 Å². The molecule has 3 rings (SSSR count). The highest BCUT2D eigenvalue weighted by Crippen LogP contribution is 2.24. The van der Waals surface area contributed by atoms with Crippen LogP contribution in [0.3, 0.4) is 0 Å². The summed E-state index contributed by atoms with van der Waals surface area (Å²) in [5, 5.41) is 2.80. The van der Waals surface area contributed by atoms with Gasteiger partial charge in [-0.15, -0.1) is 0 Å². The molecular formula is C19H20N2O4. The summed E-state index contributed by atoms with van der Waals surface area (Å²) >= 11 is 0. The van der Waals surface area contributed by atoms with Gasteiger partial charge in [-0.05, 0) is 42.5 Å². The molecule has 6 nitrogen and oxygen atoms in total.